The zero-order chi connectivity index (χ0) is 17.6. The molecule has 0 aliphatic rings. The Morgan fingerprint density at radius 2 is 1.71 bits per heavy atom. The molecule has 126 valence electrons. The second-order valence-corrected chi connectivity index (χ2v) is 6.47. The van der Waals surface area contributed by atoms with Gasteiger partial charge in [0.15, 0.2) is 0 Å². The summed E-state index contributed by atoms with van der Waals surface area (Å²) in [7, 11) is -3.96. The SMILES string of the molecule is O=C(CNS(=O)(=O)c1cccc(NC(=O)c2ccccc2)c1)NO. The van der Waals surface area contributed by atoms with Gasteiger partial charge in [0.05, 0.1) is 11.4 Å². The summed E-state index contributed by atoms with van der Waals surface area (Å²) in [6.07, 6.45) is 0. The maximum absolute atomic E-state index is 12.1. The fourth-order valence-corrected chi connectivity index (χ4v) is 2.84. The lowest BCUT2D eigenvalue weighted by molar-refractivity contribution is -0.127. The topological polar surface area (TPSA) is 125 Å². The number of amides is 2. The van der Waals surface area contributed by atoms with Gasteiger partial charge in [-0.1, -0.05) is 24.3 Å². The van der Waals surface area contributed by atoms with Gasteiger partial charge < -0.3 is 5.32 Å². The number of nitrogens with one attached hydrogen (secondary N) is 3. The molecule has 0 aliphatic heterocycles. The number of hydrogen-bond acceptors (Lipinski definition) is 5. The summed E-state index contributed by atoms with van der Waals surface area (Å²) in [5.74, 6) is -1.27. The molecule has 0 saturated carbocycles. The van der Waals surface area contributed by atoms with Gasteiger partial charge in [0.2, 0.25) is 10.0 Å². The molecule has 0 bridgehead atoms. The summed E-state index contributed by atoms with van der Waals surface area (Å²) in [5, 5.41) is 11.0. The first-order valence-electron chi connectivity index (χ1n) is 6.81. The number of sulfonamides is 1. The van der Waals surface area contributed by atoms with E-state index in [1.54, 1.807) is 36.4 Å². The minimum absolute atomic E-state index is 0.126. The highest BCUT2D eigenvalue weighted by Gasteiger charge is 2.16. The van der Waals surface area contributed by atoms with Crippen molar-refractivity contribution in [1.82, 2.24) is 10.2 Å². The maximum Gasteiger partial charge on any atom is 0.258 e. The van der Waals surface area contributed by atoms with Crippen LogP contribution in [0.3, 0.4) is 0 Å². The molecule has 9 heteroatoms. The third-order valence-electron chi connectivity index (χ3n) is 2.99. The zero-order valence-corrected chi connectivity index (χ0v) is 13.2. The summed E-state index contributed by atoms with van der Waals surface area (Å²) in [4.78, 5) is 22.9. The average Bonchev–Trinajstić information content (AvgIpc) is 2.60. The molecule has 4 N–H and O–H groups in total. The van der Waals surface area contributed by atoms with E-state index < -0.39 is 22.5 Å². The van der Waals surface area contributed by atoms with Gasteiger partial charge in [0, 0.05) is 11.3 Å². The first-order valence-corrected chi connectivity index (χ1v) is 8.30. The molecule has 0 aliphatic carbocycles. The van der Waals surface area contributed by atoms with Gasteiger partial charge in [-0.25, -0.2) is 18.6 Å². The van der Waals surface area contributed by atoms with Gasteiger partial charge in [-0.15, -0.1) is 0 Å². The Morgan fingerprint density at radius 3 is 2.38 bits per heavy atom. The van der Waals surface area contributed by atoms with Crippen LogP contribution in [0.4, 0.5) is 5.69 Å². The fourth-order valence-electron chi connectivity index (χ4n) is 1.82. The summed E-state index contributed by atoms with van der Waals surface area (Å²) in [5.41, 5.74) is 2.05. The average molecular weight is 349 g/mol. The molecule has 8 nitrogen and oxygen atoms in total. The van der Waals surface area contributed by atoms with Crippen LogP contribution >= 0.6 is 0 Å². The number of carbonyl (C=O) groups excluding carboxylic acids is 2. The molecule has 0 heterocycles. The van der Waals surface area contributed by atoms with E-state index in [-0.39, 0.29) is 10.8 Å². The molecule has 2 aromatic rings. The second-order valence-electron chi connectivity index (χ2n) is 4.71. The van der Waals surface area contributed by atoms with Crippen molar-refractivity contribution >= 4 is 27.5 Å². The van der Waals surface area contributed by atoms with E-state index >= 15 is 0 Å². The predicted octanol–water partition coefficient (Wildman–Crippen LogP) is 0.723. The Morgan fingerprint density at radius 1 is 1.00 bits per heavy atom. The van der Waals surface area contributed by atoms with Crippen molar-refractivity contribution in [2.75, 3.05) is 11.9 Å². The van der Waals surface area contributed by atoms with E-state index in [0.29, 0.717) is 11.3 Å². The molecule has 2 aromatic carbocycles. The number of anilines is 1. The van der Waals surface area contributed by atoms with Crippen molar-refractivity contribution in [2.24, 2.45) is 0 Å². The summed E-state index contributed by atoms with van der Waals surface area (Å²) in [6, 6.07) is 14.0. The normalized spacial score (nSPS) is 10.9. The van der Waals surface area contributed by atoms with Gasteiger partial charge in [-0.3, -0.25) is 14.8 Å². The van der Waals surface area contributed by atoms with Crippen LogP contribution in [-0.2, 0) is 14.8 Å². The molecule has 2 amide bonds. The summed E-state index contributed by atoms with van der Waals surface area (Å²) < 4.78 is 26.2. The van der Waals surface area contributed by atoms with E-state index in [2.05, 4.69) is 5.32 Å². The van der Waals surface area contributed by atoms with Crippen LogP contribution in [0.25, 0.3) is 0 Å². The molecule has 0 atom stereocenters. The van der Waals surface area contributed by atoms with Crippen molar-refractivity contribution in [2.45, 2.75) is 4.90 Å². The zero-order valence-electron chi connectivity index (χ0n) is 12.4. The number of benzene rings is 2. The minimum Gasteiger partial charge on any atom is -0.322 e. The Balaban J connectivity index is 2.14. The highest BCUT2D eigenvalue weighted by Crippen LogP contribution is 2.16. The van der Waals surface area contributed by atoms with E-state index in [1.165, 1.54) is 23.7 Å². The molecule has 24 heavy (non-hydrogen) atoms. The summed E-state index contributed by atoms with van der Waals surface area (Å²) >= 11 is 0. The first kappa shape index (κ1) is 17.6. The van der Waals surface area contributed by atoms with Crippen molar-refractivity contribution in [1.29, 1.82) is 0 Å². The smallest absolute Gasteiger partial charge is 0.258 e. The molecule has 0 unspecified atom stereocenters. The maximum atomic E-state index is 12.1. The van der Waals surface area contributed by atoms with Crippen LogP contribution in [0.1, 0.15) is 10.4 Å². The van der Waals surface area contributed by atoms with Gasteiger partial charge in [-0.2, -0.15) is 0 Å². The quantitative estimate of drug-likeness (QED) is 0.452. The van der Waals surface area contributed by atoms with E-state index in [9.17, 15) is 18.0 Å². The third kappa shape index (κ3) is 4.62. The van der Waals surface area contributed by atoms with Gasteiger partial charge in [-0.05, 0) is 30.3 Å². The van der Waals surface area contributed by atoms with Crippen LogP contribution in [0.2, 0.25) is 0 Å². The van der Waals surface area contributed by atoms with Crippen LogP contribution in [0.15, 0.2) is 59.5 Å². The highest BCUT2D eigenvalue weighted by molar-refractivity contribution is 7.89. The molecule has 0 fully saturated rings. The largest absolute Gasteiger partial charge is 0.322 e. The van der Waals surface area contributed by atoms with E-state index in [1.807, 2.05) is 4.72 Å². The molecule has 2 rings (SSSR count). The minimum atomic E-state index is -3.96. The molecule has 0 spiro atoms. The lowest BCUT2D eigenvalue weighted by Gasteiger charge is -2.09. The molecule has 0 aromatic heterocycles. The number of carbonyl (C=O) groups is 2. The van der Waals surface area contributed by atoms with Gasteiger partial charge in [0.1, 0.15) is 0 Å². The van der Waals surface area contributed by atoms with Crippen molar-refractivity contribution in [3.8, 4) is 0 Å². The van der Waals surface area contributed by atoms with E-state index in [0.717, 1.165) is 0 Å². The number of rotatable bonds is 6. The Labute approximate surface area is 138 Å². The molecular weight excluding hydrogens is 334 g/mol. The monoisotopic (exact) mass is 349 g/mol. The predicted molar refractivity (Wildman–Crippen MR) is 86.0 cm³/mol. The third-order valence-corrected chi connectivity index (χ3v) is 4.38. The lowest BCUT2D eigenvalue weighted by Crippen LogP contribution is -2.35. The Hall–Kier alpha value is -2.75. The van der Waals surface area contributed by atoms with Gasteiger partial charge >= 0.3 is 0 Å². The van der Waals surface area contributed by atoms with Crippen LogP contribution in [0, 0.1) is 0 Å². The molecule has 0 saturated heterocycles. The first-order chi connectivity index (χ1) is 11.4. The fraction of sp³-hybridized carbons (Fsp3) is 0.0667. The molecular formula is C15H15N3O5S. The van der Waals surface area contributed by atoms with Crippen LogP contribution in [0.5, 0.6) is 0 Å². The lowest BCUT2D eigenvalue weighted by atomic mass is 10.2. The number of hydroxylamine groups is 1. The van der Waals surface area contributed by atoms with Crippen molar-refractivity contribution < 1.29 is 23.2 Å². The molecule has 0 radical (unpaired) electrons. The van der Waals surface area contributed by atoms with E-state index in [4.69, 9.17) is 5.21 Å². The number of hydrogen-bond donors (Lipinski definition) is 4. The van der Waals surface area contributed by atoms with Crippen molar-refractivity contribution in [3.05, 3.63) is 60.2 Å². The Bertz CT molecular complexity index is 837. The second kappa shape index (κ2) is 7.68. The highest BCUT2D eigenvalue weighted by atomic mass is 32.2. The van der Waals surface area contributed by atoms with Gasteiger partial charge in [0.25, 0.3) is 11.8 Å². The summed E-state index contributed by atoms with van der Waals surface area (Å²) in [6.45, 7) is -0.612. The van der Waals surface area contributed by atoms with Crippen LogP contribution < -0.4 is 15.5 Å². The van der Waals surface area contributed by atoms with Crippen molar-refractivity contribution in [3.63, 3.8) is 0 Å². The Kier molecular flexibility index (Phi) is 5.64. The van der Waals surface area contributed by atoms with Crippen LogP contribution in [-0.4, -0.2) is 32.0 Å². The standard InChI is InChI=1S/C15H15N3O5S/c19-14(18-21)10-16-24(22,23)13-8-4-7-12(9-13)17-15(20)11-5-2-1-3-6-11/h1-9,16,21H,10H2,(H,17,20)(H,18,19).